The lowest BCUT2D eigenvalue weighted by molar-refractivity contribution is 0.0600. The minimum atomic E-state index is -3.58. The van der Waals surface area contributed by atoms with E-state index in [9.17, 15) is 13.2 Å². The average molecular weight is 391 g/mol. The van der Waals surface area contributed by atoms with E-state index in [0.717, 1.165) is 12.8 Å². The molecule has 1 aliphatic rings. The molecule has 0 aliphatic carbocycles. The number of benzene rings is 1. The number of halogens is 1. The summed E-state index contributed by atoms with van der Waals surface area (Å²) in [7, 11) is -2.30. The molecule has 1 aromatic rings. The minimum absolute atomic E-state index is 0.159. The molecule has 0 spiro atoms. The van der Waals surface area contributed by atoms with Gasteiger partial charge in [-0.3, -0.25) is 0 Å². The molecule has 0 atom stereocenters. The van der Waals surface area contributed by atoms with E-state index >= 15 is 0 Å². The maximum Gasteiger partial charge on any atom is 0.337 e. The average Bonchev–Trinajstić information content (AvgIpc) is 2.53. The Morgan fingerprint density at radius 2 is 2.05 bits per heavy atom. The van der Waals surface area contributed by atoms with Gasteiger partial charge in [0.2, 0.25) is 10.0 Å². The molecule has 22 heavy (non-hydrogen) atoms. The van der Waals surface area contributed by atoms with Gasteiger partial charge in [0.15, 0.2) is 0 Å². The van der Waals surface area contributed by atoms with E-state index in [4.69, 9.17) is 5.73 Å². The summed E-state index contributed by atoms with van der Waals surface area (Å²) in [4.78, 5) is 11.6. The number of sulfonamides is 1. The number of methoxy groups -OCH3 is 1. The maximum atomic E-state index is 12.7. The molecule has 0 radical (unpaired) electrons. The zero-order chi connectivity index (χ0) is 16.3. The topological polar surface area (TPSA) is 89.7 Å². The van der Waals surface area contributed by atoms with E-state index in [1.807, 2.05) is 0 Å². The van der Waals surface area contributed by atoms with Gasteiger partial charge in [-0.15, -0.1) is 0 Å². The van der Waals surface area contributed by atoms with Crippen LogP contribution < -0.4 is 5.73 Å². The Bertz CT molecular complexity index is 655. The molecule has 2 N–H and O–H groups in total. The van der Waals surface area contributed by atoms with Gasteiger partial charge in [0, 0.05) is 17.6 Å². The minimum Gasteiger partial charge on any atom is -0.465 e. The number of hydrogen-bond donors (Lipinski definition) is 1. The van der Waals surface area contributed by atoms with Crippen LogP contribution in [0.15, 0.2) is 27.6 Å². The number of esters is 1. The standard InChI is InChI=1S/C14H19BrN2O4S/c1-21-14(18)11-2-3-13(12(15)8-11)22(19,20)17-6-4-10(9-16)5-7-17/h2-3,8,10H,4-7,9,16H2,1H3. The van der Waals surface area contributed by atoms with Crippen molar-refractivity contribution < 1.29 is 17.9 Å². The highest BCUT2D eigenvalue weighted by atomic mass is 79.9. The first-order valence-corrected chi connectivity index (χ1v) is 9.21. The summed E-state index contributed by atoms with van der Waals surface area (Å²) >= 11 is 3.24. The first-order chi connectivity index (χ1) is 10.4. The highest BCUT2D eigenvalue weighted by molar-refractivity contribution is 9.10. The lowest BCUT2D eigenvalue weighted by Gasteiger charge is -2.30. The molecule has 8 heteroatoms. The van der Waals surface area contributed by atoms with Crippen LogP contribution in [-0.4, -0.2) is 45.4 Å². The number of piperidine rings is 1. The summed E-state index contributed by atoms with van der Waals surface area (Å²) in [5.41, 5.74) is 5.93. The summed E-state index contributed by atoms with van der Waals surface area (Å²) in [5.74, 6) is -0.120. The Hall–Kier alpha value is -0.960. The molecule has 1 fully saturated rings. The Balaban J connectivity index is 2.25. The maximum absolute atomic E-state index is 12.7. The number of carbonyl (C=O) groups is 1. The van der Waals surface area contributed by atoms with Crippen molar-refractivity contribution in [2.75, 3.05) is 26.7 Å². The second-order valence-electron chi connectivity index (χ2n) is 5.22. The highest BCUT2D eigenvalue weighted by Gasteiger charge is 2.30. The van der Waals surface area contributed by atoms with Crippen LogP contribution in [0.3, 0.4) is 0 Å². The molecular weight excluding hydrogens is 372 g/mol. The molecule has 122 valence electrons. The van der Waals surface area contributed by atoms with Gasteiger partial charge in [-0.25, -0.2) is 13.2 Å². The van der Waals surface area contributed by atoms with E-state index in [1.54, 1.807) is 0 Å². The second kappa shape index (κ2) is 7.08. The summed E-state index contributed by atoms with van der Waals surface area (Å²) in [5, 5.41) is 0. The molecule has 0 aromatic heterocycles. The lowest BCUT2D eigenvalue weighted by Crippen LogP contribution is -2.40. The summed E-state index contributed by atoms with van der Waals surface area (Å²) in [6, 6.07) is 4.35. The molecule has 2 rings (SSSR count). The van der Waals surface area contributed by atoms with Gasteiger partial charge >= 0.3 is 5.97 Å². The van der Waals surface area contributed by atoms with Gasteiger partial charge < -0.3 is 10.5 Å². The molecular formula is C14H19BrN2O4S. The van der Waals surface area contributed by atoms with Crippen LogP contribution in [-0.2, 0) is 14.8 Å². The number of carbonyl (C=O) groups excluding carboxylic acids is 1. The Labute approximate surface area is 138 Å². The predicted octanol–water partition coefficient (Wildman–Crippen LogP) is 1.60. The molecule has 1 aromatic carbocycles. The molecule has 0 unspecified atom stereocenters. The molecule has 1 saturated heterocycles. The van der Waals surface area contributed by atoms with Gasteiger partial charge in [-0.05, 0) is 59.4 Å². The predicted molar refractivity (Wildman–Crippen MR) is 86.0 cm³/mol. The van der Waals surface area contributed by atoms with Crippen molar-refractivity contribution in [1.82, 2.24) is 4.31 Å². The Morgan fingerprint density at radius 3 is 2.55 bits per heavy atom. The van der Waals surface area contributed by atoms with Crippen LogP contribution >= 0.6 is 15.9 Å². The van der Waals surface area contributed by atoms with E-state index < -0.39 is 16.0 Å². The summed E-state index contributed by atoms with van der Waals surface area (Å²) in [6.07, 6.45) is 1.54. The third-order valence-electron chi connectivity index (χ3n) is 3.88. The zero-order valence-corrected chi connectivity index (χ0v) is 14.7. The van der Waals surface area contributed by atoms with Crippen molar-refractivity contribution in [2.45, 2.75) is 17.7 Å². The fourth-order valence-corrected chi connectivity index (χ4v) is 4.99. The first-order valence-electron chi connectivity index (χ1n) is 6.98. The second-order valence-corrected chi connectivity index (χ2v) is 7.98. The van der Waals surface area contributed by atoms with Crippen molar-refractivity contribution in [3.05, 3.63) is 28.2 Å². The van der Waals surface area contributed by atoms with Gasteiger partial charge in [0.25, 0.3) is 0 Å². The van der Waals surface area contributed by atoms with Crippen LogP contribution in [0.25, 0.3) is 0 Å². The van der Waals surface area contributed by atoms with E-state index in [-0.39, 0.29) is 4.90 Å². The number of rotatable bonds is 4. The van der Waals surface area contributed by atoms with Crippen LogP contribution in [0.2, 0.25) is 0 Å². The van der Waals surface area contributed by atoms with Crippen molar-refractivity contribution >= 4 is 31.9 Å². The highest BCUT2D eigenvalue weighted by Crippen LogP contribution is 2.29. The van der Waals surface area contributed by atoms with E-state index in [2.05, 4.69) is 20.7 Å². The number of ether oxygens (including phenoxy) is 1. The van der Waals surface area contributed by atoms with Crippen LogP contribution in [0.4, 0.5) is 0 Å². The molecule has 0 saturated carbocycles. The van der Waals surface area contributed by atoms with Crippen molar-refractivity contribution in [3.8, 4) is 0 Å². The number of nitrogens with zero attached hydrogens (tertiary/aromatic N) is 1. The summed E-state index contributed by atoms with van der Waals surface area (Å²) in [6.45, 7) is 1.52. The lowest BCUT2D eigenvalue weighted by atomic mass is 9.99. The SMILES string of the molecule is COC(=O)c1ccc(S(=O)(=O)N2CCC(CN)CC2)c(Br)c1. The van der Waals surface area contributed by atoms with Crippen LogP contribution in [0.5, 0.6) is 0 Å². The largest absolute Gasteiger partial charge is 0.465 e. The van der Waals surface area contributed by atoms with Gasteiger partial charge in [-0.1, -0.05) is 0 Å². The monoisotopic (exact) mass is 390 g/mol. The molecule has 0 bridgehead atoms. The van der Waals surface area contributed by atoms with Crippen LogP contribution in [0, 0.1) is 5.92 Å². The molecule has 1 aliphatic heterocycles. The third kappa shape index (κ3) is 3.51. The quantitative estimate of drug-likeness (QED) is 0.788. The van der Waals surface area contributed by atoms with Gasteiger partial charge in [0.1, 0.15) is 0 Å². The zero-order valence-electron chi connectivity index (χ0n) is 12.3. The Morgan fingerprint density at radius 1 is 1.41 bits per heavy atom. The molecule has 0 amide bonds. The van der Waals surface area contributed by atoms with Crippen molar-refractivity contribution in [2.24, 2.45) is 11.7 Å². The molecule has 6 nitrogen and oxygen atoms in total. The Kier molecular flexibility index (Phi) is 5.60. The smallest absolute Gasteiger partial charge is 0.337 e. The number of nitrogens with two attached hydrogens (primary N) is 1. The van der Waals surface area contributed by atoms with Gasteiger partial charge in [-0.2, -0.15) is 4.31 Å². The number of hydrogen-bond acceptors (Lipinski definition) is 5. The van der Waals surface area contributed by atoms with Crippen LogP contribution in [0.1, 0.15) is 23.2 Å². The van der Waals surface area contributed by atoms with E-state index in [0.29, 0.717) is 35.6 Å². The van der Waals surface area contributed by atoms with E-state index in [1.165, 1.54) is 29.6 Å². The third-order valence-corrected chi connectivity index (χ3v) is 6.75. The molecule has 1 heterocycles. The van der Waals surface area contributed by atoms with Gasteiger partial charge in [0.05, 0.1) is 17.6 Å². The fourth-order valence-electron chi connectivity index (χ4n) is 2.48. The fraction of sp³-hybridized carbons (Fsp3) is 0.500. The summed E-state index contributed by atoms with van der Waals surface area (Å²) < 4.78 is 31.9. The first kappa shape index (κ1) is 17.4. The van der Waals surface area contributed by atoms with Crippen molar-refractivity contribution in [3.63, 3.8) is 0 Å². The van der Waals surface area contributed by atoms with Crippen molar-refractivity contribution in [1.29, 1.82) is 0 Å². The normalized spacial score (nSPS) is 17.4.